The van der Waals surface area contributed by atoms with Crippen molar-refractivity contribution in [2.45, 2.75) is 45.4 Å². The summed E-state index contributed by atoms with van der Waals surface area (Å²) in [5.41, 5.74) is 3.03. The Balaban J connectivity index is 1.59. The fourth-order valence-electron chi connectivity index (χ4n) is 2.87. The zero-order valence-corrected chi connectivity index (χ0v) is 14.3. The molecule has 0 radical (unpaired) electrons. The Morgan fingerprint density at radius 3 is 2.71 bits per heavy atom. The molecule has 2 aromatic rings. The molecule has 1 fully saturated rings. The summed E-state index contributed by atoms with van der Waals surface area (Å²) in [5, 5.41) is 7.14. The molecule has 0 bridgehead atoms. The van der Waals surface area contributed by atoms with Crippen LogP contribution in [0.5, 0.6) is 0 Å². The van der Waals surface area contributed by atoms with Crippen molar-refractivity contribution in [3.63, 3.8) is 0 Å². The summed E-state index contributed by atoms with van der Waals surface area (Å²) in [4.78, 5) is 33.1. The molecule has 0 unspecified atom stereocenters. The van der Waals surface area contributed by atoms with Crippen LogP contribution in [0.15, 0.2) is 11.0 Å². The Bertz CT molecular complexity index is 784. The zero-order chi connectivity index (χ0) is 17.3. The SMILES string of the molecule is Cc1n[nH]c(C)c1CCCN(C)C(=O)c1cnc(C2CC2)[nH]c1=O. The van der Waals surface area contributed by atoms with E-state index in [1.807, 2.05) is 13.8 Å². The smallest absolute Gasteiger partial charge is 0.263 e. The Kier molecular flexibility index (Phi) is 4.51. The molecule has 0 spiro atoms. The molecule has 0 aromatic carbocycles. The molecule has 0 atom stereocenters. The molecular formula is C17H23N5O2. The molecule has 0 aliphatic heterocycles. The molecule has 0 saturated heterocycles. The number of carbonyl (C=O) groups is 1. The first-order valence-electron chi connectivity index (χ1n) is 8.32. The number of nitrogens with zero attached hydrogens (tertiary/aromatic N) is 3. The van der Waals surface area contributed by atoms with Crippen molar-refractivity contribution in [2.24, 2.45) is 0 Å². The van der Waals surface area contributed by atoms with E-state index in [2.05, 4.69) is 20.2 Å². The van der Waals surface area contributed by atoms with Gasteiger partial charge in [0, 0.05) is 31.4 Å². The van der Waals surface area contributed by atoms with Crippen LogP contribution in [0.2, 0.25) is 0 Å². The summed E-state index contributed by atoms with van der Waals surface area (Å²) in [5.74, 6) is 0.776. The summed E-state index contributed by atoms with van der Waals surface area (Å²) in [7, 11) is 1.71. The number of carbonyl (C=O) groups excluding carboxylic acids is 1. The second-order valence-corrected chi connectivity index (χ2v) is 6.53. The van der Waals surface area contributed by atoms with E-state index in [1.54, 1.807) is 11.9 Å². The second-order valence-electron chi connectivity index (χ2n) is 6.53. The van der Waals surface area contributed by atoms with Gasteiger partial charge in [0.25, 0.3) is 11.5 Å². The van der Waals surface area contributed by atoms with Gasteiger partial charge in [-0.1, -0.05) is 0 Å². The molecule has 128 valence electrons. The van der Waals surface area contributed by atoms with Crippen LogP contribution in [0.3, 0.4) is 0 Å². The Morgan fingerprint density at radius 2 is 2.12 bits per heavy atom. The predicted molar refractivity (Wildman–Crippen MR) is 90.2 cm³/mol. The lowest BCUT2D eigenvalue weighted by Gasteiger charge is -2.16. The summed E-state index contributed by atoms with van der Waals surface area (Å²) in [6.07, 6.45) is 5.19. The molecule has 3 rings (SSSR count). The Labute approximate surface area is 140 Å². The summed E-state index contributed by atoms with van der Waals surface area (Å²) in [6, 6.07) is 0. The number of nitrogens with one attached hydrogen (secondary N) is 2. The van der Waals surface area contributed by atoms with Crippen LogP contribution in [0, 0.1) is 13.8 Å². The number of aromatic amines is 2. The van der Waals surface area contributed by atoms with Crippen molar-refractivity contribution in [1.82, 2.24) is 25.1 Å². The highest BCUT2D eigenvalue weighted by atomic mass is 16.2. The number of rotatable bonds is 6. The largest absolute Gasteiger partial charge is 0.341 e. The van der Waals surface area contributed by atoms with Crippen LogP contribution < -0.4 is 5.56 Å². The maximum absolute atomic E-state index is 12.4. The van der Waals surface area contributed by atoms with E-state index in [1.165, 1.54) is 11.8 Å². The minimum atomic E-state index is -0.342. The Morgan fingerprint density at radius 1 is 1.38 bits per heavy atom. The number of amides is 1. The van der Waals surface area contributed by atoms with Crippen molar-refractivity contribution in [1.29, 1.82) is 0 Å². The molecule has 1 amide bonds. The van der Waals surface area contributed by atoms with Gasteiger partial charge in [-0.3, -0.25) is 14.7 Å². The van der Waals surface area contributed by atoms with Gasteiger partial charge in [0.2, 0.25) is 0 Å². The number of hydrogen-bond donors (Lipinski definition) is 2. The van der Waals surface area contributed by atoms with E-state index in [0.29, 0.717) is 18.3 Å². The first kappa shape index (κ1) is 16.4. The van der Waals surface area contributed by atoms with E-state index in [4.69, 9.17) is 0 Å². The maximum atomic E-state index is 12.4. The molecule has 7 heteroatoms. The molecule has 1 aliphatic rings. The van der Waals surface area contributed by atoms with Crippen LogP contribution in [0.25, 0.3) is 0 Å². The third-order valence-electron chi connectivity index (χ3n) is 4.56. The maximum Gasteiger partial charge on any atom is 0.263 e. The first-order valence-corrected chi connectivity index (χ1v) is 8.32. The molecule has 24 heavy (non-hydrogen) atoms. The van der Waals surface area contributed by atoms with E-state index < -0.39 is 0 Å². The normalized spacial score (nSPS) is 14.0. The third kappa shape index (κ3) is 3.39. The van der Waals surface area contributed by atoms with Crippen molar-refractivity contribution < 1.29 is 4.79 Å². The minimum Gasteiger partial charge on any atom is -0.341 e. The van der Waals surface area contributed by atoms with Crippen LogP contribution in [0.4, 0.5) is 0 Å². The standard InChI is InChI=1S/C17H23N5O2/c1-10-13(11(2)21-20-10)5-4-8-22(3)17(24)14-9-18-15(12-6-7-12)19-16(14)23/h9,12H,4-8H2,1-3H3,(H,20,21)(H,18,19,23). The fraction of sp³-hybridized carbons (Fsp3) is 0.529. The summed E-state index contributed by atoms with van der Waals surface area (Å²) in [6.45, 7) is 4.55. The van der Waals surface area contributed by atoms with Crippen LogP contribution in [-0.4, -0.2) is 44.6 Å². The van der Waals surface area contributed by atoms with Crippen molar-refractivity contribution >= 4 is 5.91 Å². The molecule has 2 aromatic heterocycles. The average Bonchev–Trinajstić information content (AvgIpc) is 3.35. The van der Waals surface area contributed by atoms with Crippen molar-refractivity contribution in [2.75, 3.05) is 13.6 Å². The van der Waals surface area contributed by atoms with Crippen LogP contribution in [0.1, 0.15) is 58.3 Å². The van der Waals surface area contributed by atoms with Gasteiger partial charge in [0.05, 0.1) is 5.69 Å². The number of H-pyrrole nitrogens is 2. The highest BCUT2D eigenvalue weighted by Gasteiger charge is 2.27. The van der Waals surface area contributed by atoms with E-state index >= 15 is 0 Å². The van der Waals surface area contributed by atoms with Gasteiger partial charge in [-0.05, 0) is 45.1 Å². The third-order valence-corrected chi connectivity index (χ3v) is 4.56. The lowest BCUT2D eigenvalue weighted by molar-refractivity contribution is 0.0791. The number of hydrogen-bond acceptors (Lipinski definition) is 4. The van der Waals surface area contributed by atoms with Crippen LogP contribution >= 0.6 is 0 Å². The molecule has 2 heterocycles. The van der Waals surface area contributed by atoms with Gasteiger partial charge in [-0.2, -0.15) is 5.10 Å². The van der Waals surface area contributed by atoms with E-state index in [9.17, 15) is 9.59 Å². The number of aryl methyl sites for hydroxylation is 2. The average molecular weight is 329 g/mol. The quantitative estimate of drug-likeness (QED) is 0.843. The fourth-order valence-corrected chi connectivity index (χ4v) is 2.87. The minimum absolute atomic E-state index is 0.109. The highest BCUT2D eigenvalue weighted by Crippen LogP contribution is 2.37. The van der Waals surface area contributed by atoms with Gasteiger partial charge in [0.15, 0.2) is 0 Å². The summed E-state index contributed by atoms with van der Waals surface area (Å²) >= 11 is 0. The number of aromatic nitrogens is 4. The highest BCUT2D eigenvalue weighted by molar-refractivity contribution is 5.93. The lowest BCUT2D eigenvalue weighted by atomic mass is 10.1. The van der Waals surface area contributed by atoms with Crippen molar-refractivity contribution in [3.05, 3.63) is 44.9 Å². The second kappa shape index (κ2) is 6.59. The van der Waals surface area contributed by atoms with Gasteiger partial charge in [-0.25, -0.2) is 4.98 Å². The van der Waals surface area contributed by atoms with Gasteiger partial charge < -0.3 is 9.88 Å². The van der Waals surface area contributed by atoms with Gasteiger partial charge >= 0.3 is 0 Å². The zero-order valence-electron chi connectivity index (χ0n) is 14.3. The molecule has 7 nitrogen and oxygen atoms in total. The monoisotopic (exact) mass is 329 g/mol. The molecule has 1 aliphatic carbocycles. The lowest BCUT2D eigenvalue weighted by Crippen LogP contribution is -2.33. The molecular weight excluding hydrogens is 306 g/mol. The van der Waals surface area contributed by atoms with E-state index in [-0.39, 0.29) is 17.0 Å². The van der Waals surface area contributed by atoms with Gasteiger partial charge in [-0.15, -0.1) is 0 Å². The topological polar surface area (TPSA) is 94.7 Å². The Hall–Kier alpha value is -2.44. The van der Waals surface area contributed by atoms with E-state index in [0.717, 1.165) is 37.1 Å². The molecule has 2 N–H and O–H groups in total. The van der Waals surface area contributed by atoms with Gasteiger partial charge in [0.1, 0.15) is 11.4 Å². The van der Waals surface area contributed by atoms with Crippen LogP contribution in [-0.2, 0) is 6.42 Å². The molecule has 1 saturated carbocycles. The predicted octanol–water partition coefficient (Wildman–Crippen LogP) is 1.69. The summed E-state index contributed by atoms with van der Waals surface area (Å²) < 4.78 is 0. The van der Waals surface area contributed by atoms with Crippen molar-refractivity contribution in [3.8, 4) is 0 Å². The first-order chi connectivity index (χ1) is 11.5.